The molecule has 1 aromatic carbocycles. The number of carbonyl (C=O) groups excluding carboxylic acids is 1. The van der Waals surface area contributed by atoms with Crippen LogP contribution in [0.3, 0.4) is 0 Å². The zero-order chi connectivity index (χ0) is 21.1. The number of nitrogens with two attached hydrogens (primary N) is 2. The van der Waals surface area contributed by atoms with Crippen molar-refractivity contribution >= 4 is 57.3 Å². The molecule has 0 aliphatic carbocycles. The summed E-state index contributed by atoms with van der Waals surface area (Å²) in [4.78, 5) is 12.5. The highest BCUT2D eigenvalue weighted by atomic mass is 35.5. The summed E-state index contributed by atoms with van der Waals surface area (Å²) in [6.07, 6.45) is 0. The number of nitrogens with zero attached hydrogens (tertiary/aromatic N) is 4. The van der Waals surface area contributed by atoms with Crippen LogP contribution in [0.5, 0.6) is 0 Å². The van der Waals surface area contributed by atoms with Crippen LogP contribution >= 0.6 is 46.3 Å². The Balaban J connectivity index is 1.89. The molecule has 29 heavy (non-hydrogen) atoms. The topological polar surface area (TPSA) is 133 Å². The van der Waals surface area contributed by atoms with Gasteiger partial charge in [-0.25, -0.2) is 9.47 Å². The van der Waals surface area contributed by atoms with Gasteiger partial charge in [-0.15, -0.1) is 21.5 Å². The Labute approximate surface area is 184 Å². The molecule has 0 aliphatic rings. The van der Waals surface area contributed by atoms with E-state index >= 15 is 0 Å². The highest BCUT2D eigenvalue weighted by Crippen LogP contribution is 2.36. The second-order valence-electron chi connectivity index (χ2n) is 5.57. The fraction of sp³-hybridized carbons (Fsp3) is 0.176. The minimum absolute atomic E-state index is 0.216. The molecule has 0 amide bonds. The lowest BCUT2D eigenvalue weighted by molar-refractivity contribution is 0.0531. The van der Waals surface area contributed by atoms with Crippen molar-refractivity contribution in [2.75, 3.05) is 18.2 Å². The summed E-state index contributed by atoms with van der Waals surface area (Å²) < 4.78 is 6.34. The maximum absolute atomic E-state index is 12.2. The van der Waals surface area contributed by atoms with E-state index in [9.17, 15) is 10.1 Å². The number of nitrogen functional groups attached to an aromatic ring is 2. The van der Waals surface area contributed by atoms with Gasteiger partial charge in [-0.1, -0.05) is 35.0 Å². The Morgan fingerprint density at radius 3 is 2.83 bits per heavy atom. The number of nitriles is 1. The standard InChI is InChI=1S/C17H14Cl2N6O2S2/c1-2-27-16(26)13-11(10(6-20)14(21)29-13)7-28-17-24-23-15(25(17)22)9-4-3-8(18)5-12(9)19/h3-5H,2,7,21-22H2,1H3. The molecule has 4 N–H and O–H groups in total. The van der Waals surface area contributed by atoms with Crippen molar-refractivity contribution in [3.05, 3.63) is 44.2 Å². The lowest BCUT2D eigenvalue weighted by Gasteiger charge is -2.06. The van der Waals surface area contributed by atoms with Crippen LogP contribution in [0.4, 0.5) is 5.00 Å². The molecular formula is C17H14Cl2N6O2S2. The molecule has 8 nitrogen and oxygen atoms in total. The molecule has 0 radical (unpaired) electrons. The number of hydrogen-bond acceptors (Lipinski definition) is 9. The summed E-state index contributed by atoms with van der Waals surface area (Å²) in [5.74, 6) is 6.19. The average molecular weight is 469 g/mol. The van der Waals surface area contributed by atoms with Gasteiger partial charge in [-0.05, 0) is 25.1 Å². The Morgan fingerprint density at radius 1 is 1.41 bits per heavy atom. The van der Waals surface area contributed by atoms with Crippen LogP contribution in [0.1, 0.15) is 27.7 Å². The maximum atomic E-state index is 12.2. The summed E-state index contributed by atoms with van der Waals surface area (Å²) in [7, 11) is 0. The predicted octanol–water partition coefficient (Wildman–Crippen LogP) is 3.95. The summed E-state index contributed by atoms with van der Waals surface area (Å²) in [6.45, 7) is 1.92. The largest absolute Gasteiger partial charge is 0.462 e. The molecule has 0 bridgehead atoms. The van der Waals surface area contributed by atoms with Gasteiger partial charge in [0.25, 0.3) is 0 Å². The highest BCUT2D eigenvalue weighted by molar-refractivity contribution is 7.98. The minimum Gasteiger partial charge on any atom is -0.462 e. The van der Waals surface area contributed by atoms with Crippen molar-refractivity contribution in [3.63, 3.8) is 0 Å². The van der Waals surface area contributed by atoms with Crippen LogP contribution in [0.15, 0.2) is 23.4 Å². The number of halogens is 2. The molecule has 0 spiro atoms. The zero-order valence-electron chi connectivity index (χ0n) is 15.0. The Morgan fingerprint density at radius 2 is 2.17 bits per heavy atom. The molecule has 0 saturated carbocycles. The van der Waals surface area contributed by atoms with Crippen molar-refractivity contribution < 1.29 is 9.53 Å². The van der Waals surface area contributed by atoms with Crippen LogP contribution in [0.2, 0.25) is 10.0 Å². The van der Waals surface area contributed by atoms with E-state index in [-0.39, 0.29) is 27.8 Å². The first-order chi connectivity index (χ1) is 13.9. The SMILES string of the molecule is CCOC(=O)c1sc(N)c(C#N)c1CSc1nnc(-c2ccc(Cl)cc2Cl)n1N. The van der Waals surface area contributed by atoms with Crippen molar-refractivity contribution in [2.45, 2.75) is 17.8 Å². The third kappa shape index (κ3) is 4.28. The number of anilines is 1. The van der Waals surface area contributed by atoms with Crippen LogP contribution in [-0.2, 0) is 10.5 Å². The molecule has 12 heteroatoms. The van der Waals surface area contributed by atoms with Crippen molar-refractivity contribution in [1.29, 1.82) is 5.26 Å². The van der Waals surface area contributed by atoms with Gasteiger partial charge in [-0.3, -0.25) is 0 Å². The fourth-order valence-corrected chi connectivity index (χ4v) is 4.87. The highest BCUT2D eigenvalue weighted by Gasteiger charge is 2.24. The first kappa shape index (κ1) is 21.3. The monoisotopic (exact) mass is 468 g/mol. The predicted molar refractivity (Wildman–Crippen MR) is 115 cm³/mol. The lowest BCUT2D eigenvalue weighted by Crippen LogP contribution is -2.12. The summed E-state index contributed by atoms with van der Waals surface area (Å²) >= 11 is 14.4. The van der Waals surface area contributed by atoms with E-state index in [0.29, 0.717) is 32.2 Å². The van der Waals surface area contributed by atoms with Gasteiger partial charge in [0, 0.05) is 21.9 Å². The van der Waals surface area contributed by atoms with Crippen molar-refractivity contribution in [3.8, 4) is 17.5 Å². The first-order valence-corrected chi connectivity index (χ1v) is 10.7. The molecule has 0 atom stereocenters. The fourth-order valence-electron chi connectivity index (χ4n) is 2.47. The second kappa shape index (κ2) is 8.92. The van der Waals surface area contributed by atoms with Gasteiger partial charge in [0.2, 0.25) is 5.16 Å². The van der Waals surface area contributed by atoms with E-state index in [1.54, 1.807) is 25.1 Å². The molecular weight excluding hydrogens is 455 g/mol. The third-order valence-electron chi connectivity index (χ3n) is 3.79. The van der Waals surface area contributed by atoms with Gasteiger partial charge in [0.1, 0.15) is 15.9 Å². The quantitative estimate of drug-likeness (QED) is 0.315. The van der Waals surface area contributed by atoms with Gasteiger partial charge >= 0.3 is 5.97 Å². The summed E-state index contributed by atoms with van der Waals surface area (Å²) in [6, 6.07) is 6.98. The summed E-state index contributed by atoms with van der Waals surface area (Å²) in [5, 5.41) is 19.1. The van der Waals surface area contributed by atoms with Crippen molar-refractivity contribution in [2.24, 2.45) is 0 Å². The summed E-state index contributed by atoms with van der Waals surface area (Å²) in [5.41, 5.74) is 7.19. The molecule has 0 fully saturated rings. The van der Waals surface area contributed by atoms with E-state index in [4.69, 9.17) is 39.5 Å². The van der Waals surface area contributed by atoms with Crippen LogP contribution in [0, 0.1) is 11.3 Å². The maximum Gasteiger partial charge on any atom is 0.348 e. The molecule has 0 aliphatic heterocycles. The van der Waals surface area contributed by atoms with Crippen LogP contribution in [-0.4, -0.2) is 27.4 Å². The van der Waals surface area contributed by atoms with Gasteiger partial charge in [0.15, 0.2) is 5.82 Å². The molecule has 2 aromatic heterocycles. The Bertz CT molecular complexity index is 1120. The van der Waals surface area contributed by atoms with Crippen LogP contribution in [0.25, 0.3) is 11.4 Å². The van der Waals surface area contributed by atoms with Gasteiger partial charge in [0.05, 0.1) is 17.2 Å². The van der Waals surface area contributed by atoms with Gasteiger partial charge < -0.3 is 16.3 Å². The minimum atomic E-state index is -0.524. The number of esters is 1. The first-order valence-electron chi connectivity index (χ1n) is 8.14. The van der Waals surface area contributed by atoms with Crippen LogP contribution < -0.4 is 11.6 Å². The smallest absolute Gasteiger partial charge is 0.348 e. The number of benzene rings is 1. The molecule has 3 rings (SSSR count). The van der Waals surface area contributed by atoms with E-state index in [1.165, 1.54) is 16.4 Å². The normalized spacial score (nSPS) is 10.7. The zero-order valence-corrected chi connectivity index (χ0v) is 18.1. The van der Waals surface area contributed by atoms with Crippen molar-refractivity contribution in [1.82, 2.24) is 14.9 Å². The molecule has 0 unspecified atom stereocenters. The third-order valence-corrected chi connectivity index (χ3v) is 6.35. The number of aromatic nitrogens is 3. The second-order valence-corrected chi connectivity index (χ2v) is 8.41. The lowest BCUT2D eigenvalue weighted by atomic mass is 10.2. The van der Waals surface area contributed by atoms with Gasteiger partial charge in [-0.2, -0.15) is 5.26 Å². The molecule has 2 heterocycles. The number of rotatable bonds is 6. The number of thiophene rings is 1. The molecule has 0 saturated heterocycles. The molecule has 3 aromatic rings. The van der Waals surface area contributed by atoms with E-state index in [1.807, 2.05) is 6.07 Å². The number of carbonyl (C=O) groups is 1. The number of thioether (sulfide) groups is 1. The Hall–Kier alpha value is -2.45. The number of hydrogen-bond donors (Lipinski definition) is 2. The molecule has 150 valence electrons. The number of ether oxygens (including phenoxy) is 1. The Kier molecular flexibility index (Phi) is 6.54. The van der Waals surface area contributed by atoms with E-state index in [0.717, 1.165) is 11.3 Å². The van der Waals surface area contributed by atoms with E-state index in [2.05, 4.69) is 10.2 Å². The van der Waals surface area contributed by atoms with E-state index < -0.39 is 5.97 Å². The average Bonchev–Trinajstić information content (AvgIpc) is 3.19.